The fraction of sp³-hybridized carbons (Fsp3) is 0.417. The SMILES string of the molecule is N#C[C@H]1[C@@H](c2ccccc2-c2ccccc2)[C@@H](CO)N1C(=O)NC1CCCCC1. The van der Waals surface area contributed by atoms with Crippen LogP contribution in [0.25, 0.3) is 11.1 Å². The van der Waals surface area contributed by atoms with Crippen LogP contribution < -0.4 is 5.32 Å². The molecule has 2 N–H and O–H groups in total. The van der Waals surface area contributed by atoms with E-state index in [1.165, 1.54) is 6.42 Å². The average Bonchev–Trinajstić information content (AvgIpc) is 2.75. The summed E-state index contributed by atoms with van der Waals surface area (Å²) < 4.78 is 0. The Hall–Kier alpha value is -2.84. The second kappa shape index (κ2) is 8.67. The molecule has 0 unspecified atom stereocenters. The van der Waals surface area contributed by atoms with Gasteiger partial charge in [-0.1, -0.05) is 73.9 Å². The topological polar surface area (TPSA) is 76.4 Å². The maximum absolute atomic E-state index is 12.9. The van der Waals surface area contributed by atoms with Crippen molar-refractivity contribution in [2.45, 2.75) is 56.1 Å². The van der Waals surface area contributed by atoms with Crippen molar-refractivity contribution in [1.82, 2.24) is 10.2 Å². The van der Waals surface area contributed by atoms with E-state index in [-0.39, 0.29) is 24.6 Å². The Morgan fingerprint density at radius 2 is 1.76 bits per heavy atom. The molecule has 2 fully saturated rings. The van der Waals surface area contributed by atoms with Crippen molar-refractivity contribution in [2.24, 2.45) is 0 Å². The number of nitrogens with one attached hydrogen (secondary N) is 1. The van der Waals surface area contributed by atoms with Gasteiger partial charge in [0.25, 0.3) is 0 Å². The van der Waals surface area contributed by atoms with Crippen LogP contribution in [0.4, 0.5) is 4.79 Å². The number of amides is 2. The lowest BCUT2D eigenvalue weighted by Gasteiger charge is -2.52. The first kappa shape index (κ1) is 19.5. The summed E-state index contributed by atoms with van der Waals surface area (Å²) in [6.07, 6.45) is 5.45. The molecule has 2 aromatic carbocycles. The zero-order valence-corrected chi connectivity index (χ0v) is 16.5. The predicted molar refractivity (Wildman–Crippen MR) is 112 cm³/mol. The Morgan fingerprint density at radius 1 is 1.07 bits per heavy atom. The molecule has 0 radical (unpaired) electrons. The number of likely N-dealkylation sites (tertiary alicyclic amines) is 1. The van der Waals surface area contributed by atoms with Gasteiger partial charge in [0.05, 0.1) is 18.7 Å². The molecule has 1 aliphatic carbocycles. The van der Waals surface area contributed by atoms with E-state index in [0.717, 1.165) is 42.4 Å². The van der Waals surface area contributed by atoms with Crippen LogP contribution in [0.2, 0.25) is 0 Å². The first-order valence-corrected chi connectivity index (χ1v) is 10.5. The molecule has 5 heteroatoms. The third-order valence-electron chi connectivity index (χ3n) is 6.30. The number of carbonyl (C=O) groups is 1. The summed E-state index contributed by atoms with van der Waals surface area (Å²) in [5, 5.41) is 23.0. The van der Waals surface area contributed by atoms with Crippen molar-refractivity contribution in [3.63, 3.8) is 0 Å². The minimum absolute atomic E-state index is 0.163. The van der Waals surface area contributed by atoms with E-state index < -0.39 is 12.1 Å². The summed E-state index contributed by atoms with van der Waals surface area (Å²) in [7, 11) is 0. The first-order valence-electron chi connectivity index (χ1n) is 10.5. The van der Waals surface area contributed by atoms with Gasteiger partial charge < -0.3 is 15.3 Å². The van der Waals surface area contributed by atoms with Gasteiger partial charge in [0.15, 0.2) is 0 Å². The summed E-state index contributed by atoms with van der Waals surface area (Å²) in [6.45, 7) is -0.163. The lowest BCUT2D eigenvalue weighted by molar-refractivity contribution is 0.0155. The summed E-state index contributed by atoms with van der Waals surface area (Å²) >= 11 is 0. The molecule has 4 rings (SSSR count). The van der Waals surface area contributed by atoms with Crippen molar-refractivity contribution in [3.8, 4) is 17.2 Å². The van der Waals surface area contributed by atoms with Crippen molar-refractivity contribution in [3.05, 3.63) is 60.2 Å². The molecule has 0 bridgehead atoms. The second-order valence-corrected chi connectivity index (χ2v) is 7.99. The number of hydrogen-bond donors (Lipinski definition) is 2. The molecule has 1 heterocycles. The van der Waals surface area contributed by atoms with E-state index in [1.54, 1.807) is 4.90 Å². The minimum Gasteiger partial charge on any atom is -0.394 e. The zero-order valence-electron chi connectivity index (χ0n) is 16.5. The molecule has 1 saturated heterocycles. The third-order valence-corrected chi connectivity index (χ3v) is 6.30. The van der Waals surface area contributed by atoms with Gasteiger partial charge >= 0.3 is 6.03 Å². The molecular weight excluding hydrogens is 362 g/mol. The van der Waals surface area contributed by atoms with Crippen LogP contribution in [0.15, 0.2) is 54.6 Å². The largest absolute Gasteiger partial charge is 0.394 e. The standard InChI is InChI=1S/C24H27N3O2/c25-15-21-23(20-14-8-7-13-19(20)17-9-3-1-4-10-17)22(16-28)27(21)24(29)26-18-11-5-2-6-12-18/h1,3-4,7-10,13-14,18,21-23,28H,2,5-6,11-12,16H2,(H,26,29)/t21-,22+,23+/m0/s1. The van der Waals surface area contributed by atoms with Crippen LogP contribution >= 0.6 is 0 Å². The van der Waals surface area contributed by atoms with E-state index in [9.17, 15) is 15.2 Å². The Bertz CT molecular complexity index is 886. The molecule has 29 heavy (non-hydrogen) atoms. The van der Waals surface area contributed by atoms with Gasteiger partial charge in [-0.3, -0.25) is 0 Å². The molecule has 1 aliphatic heterocycles. The monoisotopic (exact) mass is 389 g/mol. The maximum Gasteiger partial charge on any atom is 0.319 e. The van der Waals surface area contributed by atoms with Crippen molar-refractivity contribution >= 4 is 6.03 Å². The summed E-state index contributed by atoms with van der Waals surface area (Å²) in [5.41, 5.74) is 3.12. The molecule has 0 aromatic heterocycles. The highest BCUT2D eigenvalue weighted by molar-refractivity contribution is 5.79. The van der Waals surface area contributed by atoms with Crippen molar-refractivity contribution in [2.75, 3.05) is 6.61 Å². The maximum atomic E-state index is 12.9. The molecule has 2 aliphatic rings. The third kappa shape index (κ3) is 3.73. The average molecular weight is 389 g/mol. The molecule has 150 valence electrons. The molecule has 0 spiro atoms. The summed E-state index contributed by atoms with van der Waals surface area (Å²) in [4.78, 5) is 14.5. The van der Waals surface area contributed by atoms with Crippen LogP contribution in [0.5, 0.6) is 0 Å². The number of hydrogen-bond acceptors (Lipinski definition) is 3. The van der Waals surface area contributed by atoms with Gasteiger partial charge in [0.1, 0.15) is 6.04 Å². The molecule has 5 nitrogen and oxygen atoms in total. The van der Waals surface area contributed by atoms with Crippen LogP contribution in [0.1, 0.15) is 43.6 Å². The van der Waals surface area contributed by atoms with E-state index in [0.29, 0.717) is 0 Å². The molecule has 1 saturated carbocycles. The van der Waals surface area contributed by atoms with E-state index in [4.69, 9.17) is 0 Å². The van der Waals surface area contributed by atoms with Gasteiger partial charge in [-0.25, -0.2) is 4.79 Å². The number of benzene rings is 2. The predicted octanol–water partition coefficient (Wildman–Crippen LogP) is 4.05. The number of nitriles is 1. The number of rotatable bonds is 4. The van der Waals surface area contributed by atoms with Crippen molar-refractivity contribution < 1.29 is 9.90 Å². The Morgan fingerprint density at radius 3 is 2.45 bits per heavy atom. The lowest BCUT2D eigenvalue weighted by Crippen LogP contribution is -2.68. The highest BCUT2D eigenvalue weighted by Crippen LogP contribution is 2.44. The molecular formula is C24H27N3O2. The first-order chi connectivity index (χ1) is 14.2. The van der Waals surface area contributed by atoms with E-state index in [1.807, 2.05) is 54.6 Å². The van der Waals surface area contributed by atoms with Gasteiger partial charge in [-0.05, 0) is 29.5 Å². The van der Waals surface area contributed by atoms with Gasteiger partial charge in [-0.2, -0.15) is 5.26 Å². The van der Waals surface area contributed by atoms with Crippen LogP contribution in [-0.4, -0.2) is 40.8 Å². The van der Waals surface area contributed by atoms with Gasteiger partial charge in [-0.15, -0.1) is 0 Å². The van der Waals surface area contributed by atoms with Crippen LogP contribution in [0.3, 0.4) is 0 Å². The Balaban J connectivity index is 1.59. The fourth-order valence-electron chi connectivity index (χ4n) is 4.82. The van der Waals surface area contributed by atoms with Gasteiger partial charge in [0.2, 0.25) is 0 Å². The molecule has 2 amide bonds. The second-order valence-electron chi connectivity index (χ2n) is 7.99. The minimum atomic E-state index is -0.583. The van der Waals surface area contributed by atoms with Crippen molar-refractivity contribution in [1.29, 1.82) is 5.26 Å². The number of nitrogens with zero attached hydrogens (tertiary/aromatic N) is 2. The number of aliphatic hydroxyl groups excluding tert-OH is 1. The number of aliphatic hydroxyl groups is 1. The van der Waals surface area contributed by atoms with E-state index >= 15 is 0 Å². The Kier molecular flexibility index (Phi) is 5.82. The molecule has 2 aromatic rings. The smallest absolute Gasteiger partial charge is 0.319 e. The number of carbonyl (C=O) groups excluding carboxylic acids is 1. The van der Waals surface area contributed by atoms with Crippen LogP contribution in [-0.2, 0) is 0 Å². The summed E-state index contributed by atoms with van der Waals surface area (Å²) in [6, 6.07) is 19.3. The normalized spacial score (nSPS) is 24.4. The highest BCUT2D eigenvalue weighted by Gasteiger charge is 2.52. The lowest BCUT2D eigenvalue weighted by atomic mass is 9.73. The zero-order chi connectivity index (χ0) is 20.2. The number of urea groups is 1. The quantitative estimate of drug-likeness (QED) is 0.828. The molecule has 3 atom stereocenters. The fourth-order valence-corrected chi connectivity index (χ4v) is 4.82. The van der Waals surface area contributed by atoms with Crippen LogP contribution in [0, 0.1) is 11.3 Å². The summed E-state index contributed by atoms with van der Waals surface area (Å²) in [5.74, 6) is -0.210. The highest BCUT2D eigenvalue weighted by atomic mass is 16.3. The van der Waals surface area contributed by atoms with Gasteiger partial charge in [0, 0.05) is 12.0 Å². The van der Waals surface area contributed by atoms with E-state index in [2.05, 4.69) is 11.4 Å². The Labute approximate surface area is 172 Å².